The van der Waals surface area contributed by atoms with Gasteiger partial charge in [0.15, 0.2) is 11.5 Å². The van der Waals surface area contributed by atoms with Gasteiger partial charge in [0, 0.05) is 31.8 Å². The van der Waals surface area contributed by atoms with Crippen molar-refractivity contribution >= 4 is 75.4 Å². The molecule has 1 N–H and O–H groups in total. The monoisotopic (exact) mass is 721 g/mol. The van der Waals surface area contributed by atoms with Gasteiger partial charge in [-0.05, 0) is 90.4 Å². The second-order valence-electron chi connectivity index (χ2n) is 12.5. The van der Waals surface area contributed by atoms with Crippen molar-refractivity contribution in [1.82, 2.24) is 4.57 Å². The molecule has 246 valence electrons. The van der Waals surface area contributed by atoms with Crippen molar-refractivity contribution < 1.29 is 23.9 Å². The summed E-state index contributed by atoms with van der Waals surface area (Å²) in [6.07, 6.45) is 0.740. The van der Waals surface area contributed by atoms with Crippen LogP contribution in [0.3, 0.4) is 0 Å². The van der Waals surface area contributed by atoms with Gasteiger partial charge in [-0.2, -0.15) is 0 Å². The number of anilines is 2. The molecule has 0 spiro atoms. The van der Waals surface area contributed by atoms with Crippen LogP contribution in [0, 0.1) is 29.6 Å². The Hall–Kier alpha value is -3.77. The fourth-order valence-corrected chi connectivity index (χ4v) is 11.8. The summed E-state index contributed by atoms with van der Waals surface area (Å²) in [5.74, 6) is -0.896. The smallest absolute Gasteiger partial charge is 0.308 e. The Kier molecular flexibility index (Phi) is 7.86. The van der Waals surface area contributed by atoms with Gasteiger partial charge in [0.25, 0.3) is 0 Å². The van der Waals surface area contributed by atoms with E-state index < -0.39 is 11.8 Å². The number of hydrogen-bond donors (Lipinski definition) is 1. The lowest BCUT2D eigenvalue weighted by molar-refractivity contribution is -0.123. The van der Waals surface area contributed by atoms with E-state index in [1.165, 1.54) is 4.90 Å². The molecule has 2 saturated carbocycles. The molecule has 1 aromatic heterocycles. The third-order valence-corrected chi connectivity index (χ3v) is 13.5. The summed E-state index contributed by atoms with van der Waals surface area (Å²) in [5.41, 5.74) is 2.03. The van der Waals surface area contributed by atoms with Crippen LogP contribution in [-0.2, 0) is 20.9 Å². The molecular formula is C35H29Cl2N3O6S2. The van der Waals surface area contributed by atoms with Crippen LogP contribution in [0.1, 0.15) is 22.8 Å². The van der Waals surface area contributed by atoms with Crippen LogP contribution in [0.2, 0.25) is 10.0 Å². The highest BCUT2D eigenvalue weighted by Crippen LogP contribution is 2.69. The molecule has 4 aliphatic rings. The Labute approximate surface area is 294 Å². The Morgan fingerprint density at radius 2 is 1.52 bits per heavy atom. The van der Waals surface area contributed by atoms with Gasteiger partial charge in [0.1, 0.15) is 6.54 Å². The van der Waals surface area contributed by atoms with E-state index in [4.69, 9.17) is 32.7 Å². The van der Waals surface area contributed by atoms with Crippen LogP contribution in [0.25, 0.3) is 0 Å². The fourth-order valence-electron chi connectivity index (χ4n) is 8.40. The van der Waals surface area contributed by atoms with Crippen molar-refractivity contribution in [1.29, 1.82) is 0 Å². The average Bonchev–Trinajstić information content (AvgIpc) is 3.80. The van der Waals surface area contributed by atoms with Crippen molar-refractivity contribution in [3.8, 4) is 11.5 Å². The number of halogens is 2. The number of thioether (sulfide) groups is 1. The quantitative estimate of drug-likeness (QED) is 0.216. The molecule has 3 amide bonds. The minimum Gasteiger partial charge on any atom is -0.493 e. The molecule has 0 radical (unpaired) electrons. The Morgan fingerprint density at radius 3 is 2.19 bits per heavy atom. The summed E-state index contributed by atoms with van der Waals surface area (Å²) in [6.45, 7) is -0.168. The number of amides is 3. The molecule has 9 nitrogen and oxygen atoms in total. The van der Waals surface area contributed by atoms with Gasteiger partial charge in [0.2, 0.25) is 17.7 Å². The standard InChI is InChI=1S/C35H29Cl2N3O6S2/c1-45-23-12-3-16(13-24(23)46-2)26-27-21-14-22(29-28(21)32(42)40(33(29)43)20-10-6-18(37)7-11-20)30(27)47-34-31(26)48-35(44)39(34)15-25(41)38-19-8-4-17(36)5-9-19/h3-13,21-22,26-30H,14-15H2,1-2H3,(H,38,41). The summed E-state index contributed by atoms with van der Waals surface area (Å²) in [4.78, 5) is 57.0. The molecule has 13 heteroatoms. The summed E-state index contributed by atoms with van der Waals surface area (Å²) in [7, 11) is 3.16. The SMILES string of the molecule is COc1ccc(C2c3sc(=O)n(CC(=O)Nc4ccc(Cl)cc4)c3SC3C4CC(C5C(=O)N(c6ccc(Cl)cc6)C(=O)C45)C23)cc1OC. The number of carbonyl (C=O) groups excluding carboxylic acids is 3. The molecule has 7 atom stereocenters. The molecule has 2 bridgehead atoms. The molecule has 2 aliphatic heterocycles. The summed E-state index contributed by atoms with van der Waals surface area (Å²) < 4.78 is 12.7. The van der Waals surface area contributed by atoms with E-state index in [-0.39, 0.29) is 58.1 Å². The second kappa shape index (κ2) is 12.0. The first-order chi connectivity index (χ1) is 23.2. The summed E-state index contributed by atoms with van der Waals surface area (Å²) >= 11 is 14.8. The molecule has 2 aliphatic carbocycles. The van der Waals surface area contributed by atoms with Gasteiger partial charge in [-0.3, -0.25) is 28.6 Å². The fraction of sp³-hybridized carbons (Fsp3) is 0.314. The van der Waals surface area contributed by atoms with E-state index in [1.807, 2.05) is 18.2 Å². The van der Waals surface area contributed by atoms with Gasteiger partial charge in [-0.25, -0.2) is 0 Å². The van der Waals surface area contributed by atoms with Crippen LogP contribution in [0.15, 0.2) is 76.6 Å². The van der Waals surface area contributed by atoms with Gasteiger partial charge < -0.3 is 14.8 Å². The van der Waals surface area contributed by atoms with Gasteiger partial charge in [0.05, 0.1) is 36.8 Å². The maximum atomic E-state index is 14.1. The molecule has 3 heterocycles. The number of nitrogens with one attached hydrogen (secondary N) is 1. The lowest BCUT2D eigenvalue weighted by Crippen LogP contribution is -2.43. The third-order valence-electron chi connectivity index (χ3n) is 10.2. The van der Waals surface area contributed by atoms with E-state index in [9.17, 15) is 19.2 Å². The maximum absolute atomic E-state index is 14.1. The van der Waals surface area contributed by atoms with Crippen LogP contribution in [0.4, 0.5) is 11.4 Å². The molecule has 3 aromatic carbocycles. The van der Waals surface area contributed by atoms with E-state index >= 15 is 0 Å². The Bertz CT molecular complexity index is 2030. The minimum atomic E-state index is -0.452. The van der Waals surface area contributed by atoms with Crippen molar-refractivity contribution in [2.24, 2.45) is 29.6 Å². The van der Waals surface area contributed by atoms with E-state index in [1.54, 1.807) is 79.1 Å². The lowest BCUT2D eigenvalue weighted by Gasteiger charge is -2.43. The Balaban J connectivity index is 1.20. The molecule has 3 fully saturated rings. The summed E-state index contributed by atoms with van der Waals surface area (Å²) in [6, 6.07) is 19.3. The highest BCUT2D eigenvalue weighted by Gasteiger charge is 2.70. The molecule has 7 unspecified atom stereocenters. The molecular weight excluding hydrogens is 693 g/mol. The minimum absolute atomic E-state index is 0.0248. The number of benzene rings is 3. The number of nitrogens with zero attached hydrogens (tertiary/aromatic N) is 2. The van der Waals surface area contributed by atoms with Crippen molar-refractivity contribution in [2.75, 3.05) is 24.4 Å². The highest BCUT2D eigenvalue weighted by molar-refractivity contribution is 8.00. The van der Waals surface area contributed by atoms with Crippen molar-refractivity contribution in [2.45, 2.75) is 29.2 Å². The van der Waals surface area contributed by atoms with E-state index in [0.717, 1.165) is 33.2 Å². The highest BCUT2D eigenvalue weighted by atomic mass is 35.5. The van der Waals surface area contributed by atoms with Crippen LogP contribution in [0.5, 0.6) is 11.5 Å². The lowest BCUT2D eigenvalue weighted by atomic mass is 9.68. The first-order valence-electron chi connectivity index (χ1n) is 15.5. The molecule has 1 saturated heterocycles. The Morgan fingerprint density at radius 1 is 0.875 bits per heavy atom. The van der Waals surface area contributed by atoms with Gasteiger partial charge in [-0.1, -0.05) is 40.6 Å². The van der Waals surface area contributed by atoms with Crippen LogP contribution >= 0.6 is 46.3 Å². The zero-order chi connectivity index (χ0) is 33.4. The number of fused-ring (bicyclic) bond motifs is 9. The number of aromatic nitrogens is 1. The normalized spacial score (nSPS) is 26.7. The van der Waals surface area contributed by atoms with Crippen molar-refractivity contribution in [3.63, 3.8) is 0 Å². The number of hydrogen-bond acceptors (Lipinski definition) is 8. The number of imide groups is 1. The van der Waals surface area contributed by atoms with E-state index in [2.05, 4.69) is 5.32 Å². The van der Waals surface area contributed by atoms with Crippen molar-refractivity contribution in [3.05, 3.63) is 96.9 Å². The maximum Gasteiger partial charge on any atom is 0.308 e. The number of ether oxygens (including phenoxy) is 2. The predicted molar refractivity (Wildman–Crippen MR) is 186 cm³/mol. The summed E-state index contributed by atoms with van der Waals surface area (Å²) in [5, 5.41) is 4.62. The number of rotatable bonds is 7. The van der Waals surface area contributed by atoms with Crippen LogP contribution < -0.4 is 24.6 Å². The zero-order valence-corrected chi connectivity index (χ0v) is 28.9. The third kappa shape index (κ3) is 4.88. The first-order valence-corrected chi connectivity index (χ1v) is 17.9. The first kappa shape index (κ1) is 31.5. The molecule has 48 heavy (non-hydrogen) atoms. The number of thiazole rings is 1. The second-order valence-corrected chi connectivity index (χ2v) is 15.6. The van der Waals surface area contributed by atoms with E-state index in [0.29, 0.717) is 32.9 Å². The topological polar surface area (TPSA) is 107 Å². The van der Waals surface area contributed by atoms with Gasteiger partial charge in [-0.15, -0.1) is 11.8 Å². The molecule has 4 aromatic rings. The largest absolute Gasteiger partial charge is 0.493 e. The average molecular weight is 723 g/mol. The van der Waals surface area contributed by atoms with Gasteiger partial charge >= 0.3 is 4.87 Å². The molecule has 8 rings (SSSR count). The number of carbonyl (C=O) groups is 3. The zero-order valence-electron chi connectivity index (χ0n) is 25.7. The number of methoxy groups -OCH3 is 2. The van der Waals surface area contributed by atoms with Crippen LogP contribution in [-0.4, -0.2) is 41.8 Å². The predicted octanol–water partition coefficient (Wildman–Crippen LogP) is 6.55.